The molecule has 2 nitrogen and oxygen atoms in total. The van der Waals surface area contributed by atoms with Crippen LogP contribution in [-0.4, -0.2) is 14.2 Å². The second kappa shape index (κ2) is 6.28. The predicted octanol–water partition coefficient (Wildman–Crippen LogP) is 4.05. The molecule has 0 aliphatic carbocycles. The summed E-state index contributed by atoms with van der Waals surface area (Å²) in [4.78, 5) is 0. The van der Waals surface area contributed by atoms with Gasteiger partial charge in [0.05, 0.1) is 14.2 Å². The number of benzene rings is 2. The second-order valence-electron chi connectivity index (χ2n) is 4.73. The molecule has 0 aromatic heterocycles. The second-order valence-corrected chi connectivity index (χ2v) is 4.73. The number of rotatable bonds is 5. The standard InChI is InChI=1S/C17H20O2/c1-13(15-6-10-17(19-3)11-7-15)12-14-4-8-16(18-2)9-5-14/h4-11,13H,12H2,1-3H3. The van der Waals surface area contributed by atoms with Crippen LogP contribution >= 0.6 is 0 Å². The lowest BCUT2D eigenvalue weighted by atomic mass is 9.94. The summed E-state index contributed by atoms with van der Waals surface area (Å²) in [5.74, 6) is 2.29. The highest BCUT2D eigenvalue weighted by atomic mass is 16.5. The van der Waals surface area contributed by atoms with Gasteiger partial charge in [0, 0.05) is 0 Å². The molecule has 0 saturated heterocycles. The molecule has 0 saturated carbocycles. The van der Waals surface area contributed by atoms with Crippen molar-refractivity contribution < 1.29 is 9.47 Å². The van der Waals surface area contributed by atoms with Gasteiger partial charge in [-0.05, 0) is 47.7 Å². The molecule has 0 spiro atoms. The fourth-order valence-electron chi connectivity index (χ4n) is 2.17. The fourth-order valence-corrected chi connectivity index (χ4v) is 2.17. The number of hydrogen-bond acceptors (Lipinski definition) is 2. The van der Waals surface area contributed by atoms with E-state index in [0.717, 1.165) is 17.9 Å². The molecule has 19 heavy (non-hydrogen) atoms. The van der Waals surface area contributed by atoms with Crippen LogP contribution in [-0.2, 0) is 6.42 Å². The topological polar surface area (TPSA) is 18.5 Å². The van der Waals surface area contributed by atoms with Gasteiger partial charge in [0.2, 0.25) is 0 Å². The summed E-state index contributed by atoms with van der Waals surface area (Å²) in [5.41, 5.74) is 2.65. The summed E-state index contributed by atoms with van der Waals surface area (Å²) in [6.45, 7) is 2.24. The van der Waals surface area contributed by atoms with Crippen molar-refractivity contribution in [3.63, 3.8) is 0 Å². The van der Waals surface area contributed by atoms with Crippen LogP contribution in [0.2, 0.25) is 0 Å². The van der Waals surface area contributed by atoms with Gasteiger partial charge in [0.25, 0.3) is 0 Å². The SMILES string of the molecule is COc1ccc(CC(C)c2ccc(OC)cc2)cc1. The average Bonchev–Trinajstić information content (AvgIpc) is 2.48. The summed E-state index contributed by atoms with van der Waals surface area (Å²) in [5, 5.41) is 0. The Morgan fingerprint density at radius 2 is 1.26 bits per heavy atom. The zero-order chi connectivity index (χ0) is 13.7. The maximum Gasteiger partial charge on any atom is 0.118 e. The molecule has 0 fully saturated rings. The molecule has 0 bridgehead atoms. The highest BCUT2D eigenvalue weighted by Gasteiger charge is 2.07. The molecule has 2 rings (SSSR count). The first-order chi connectivity index (χ1) is 9.22. The maximum absolute atomic E-state index is 5.18. The van der Waals surface area contributed by atoms with Crippen LogP contribution in [0.25, 0.3) is 0 Å². The molecule has 0 amide bonds. The molecular formula is C17H20O2. The van der Waals surface area contributed by atoms with Crippen molar-refractivity contribution >= 4 is 0 Å². The smallest absolute Gasteiger partial charge is 0.118 e. The summed E-state index contributed by atoms with van der Waals surface area (Å²) < 4.78 is 10.3. The van der Waals surface area contributed by atoms with Crippen molar-refractivity contribution in [3.8, 4) is 11.5 Å². The first kappa shape index (κ1) is 13.5. The van der Waals surface area contributed by atoms with E-state index >= 15 is 0 Å². The molecule has 0 aliphatic heterocycles. The molecule has 100 valence electrons. The Kier molecular flexibility index (Phi) is 4.45. The highest BCUT2D eigenvalue weighted by Crippen LogP contribution is 2.23. The van der Waals surface area contributed by atoms with Crippen LogP contribution < -0.4 is 9.47 Å². The van der Waals surface area contributed by atoms with E-state index < -0.39 is 0 Å². The van der Waals surface area contributed by atoms with Crippen molar-refractivity contribution in [2.75, 3.05) is 14.2 Å². The molecule has 2 aromatic carbocycles. The average molecular weight is 256 g/mol. The number of methoxy groups -OCH3 is 2. The van der Waals surface area contributed by atoms with Crippen molar-refractivity contribution in [1.29, 1.82) is 0 Å². The Morgan fingerprint density at radius 1 is 0.789 bits per heavy atom. The van der Waals surface area contributed by atoms with Crippen LogP contribution in [0.5, 0.6) is 11.5 Å². The van der Waals surface area contributed by atoms with Crippen molar-refractivity contribution in [2.45, 2.75) is 19.3 Å². The third-order valence-corrected chi connectivity index (χ3v) is 3.39. The van der Waals surface area contributed by atoms with Crippen molar-refractivity contribution in [1.82, 2.24) is 0 Å². The van der Waals surface area contributed by atoms with Crippen LogP contribution in [0, 0.1) is 0 Å². The first-order valence-corrected chi connectivity index (χ1v) is 6.50. The van der Waals surface area contributed by atoms with Gasteiger partial charge in [0.15, 0.2) is 0 Å². The van der Waals surface area contributed by atoms with Gasteiger partial charge < -0.3 is 9.47 Å². The Bertz CT molecular complexity index is 500. The minimum Gasteiger partial charge on any atom is -0.497 e. The van der Waals surface area contributed by atoms with Crippen LogP contribution in [0.3, 0.4) is 0 Å². The van der Waals surface area contributed by atoms with Gasteiger partial charge in [-0.25, -0.2) is 0 Å². The van der Waals surface area contributed by atoms with Gasteiger partial charge in [-0.1, -0.05) is 31.2 Å². The van der Waals surface area contributed by atoms with Crippen LogP contribution in [0.4, 0.5) is 0 Å². The van der Waals surface area contributed by atoms with E-state index in [0.29, 0.717) is 5.92 Å². The van der Waals surface area contributed by atoms with E-state index in [-0.39, 0.29) is 0 Å². The molecule has 2 aromatic rings. The Morgan fingerprint density at radius 3 is 1.74 bits per heavy atom. The third-order valence-electron chi connectivity index (χ3n) is 3.39. The lowest BCUT2D eigenvalue weighted by Crippen LogP contribution is -1.98. The molecule has 0 heterocycles. The van der Waals surface area contributed by atoms with Gasteiger partial charge in [-0.3, -0.25) is 0 Å². The first-order valence-electron chi connectivity index (χ1n) is 6.50. The van der Waals surface area contributed by atoms with Gasteiger partial charge in [0.1, 0.15) is 11.5 Å². The van der Waals surface area contributed by atoms with E-state index in [2.05, 4.69) is 31.2 Å². The van der Waals surface area contributed by atoms with Crippen LogP contribution in [0.1, 0.15) is 24.0 Å². The Hall–Kier alpha value is -1.96. The molecule has 2 heteroatoms. The van der Waals surface area contributed by atoms with Crippen molar-refractivity contribution in [2.24, 2.45) is 0 Å². The lowest BCUT2D eigenvalue weighted by molar-refractivity contribution is 0.414. The molecule has 0 radical (unpaired) electrons. The van der Waals surface area contributed by atoms with Crippen LogP contribution in [0.15, 0.2) is 48.5 Å². The van der Waals surface area contributed by atoms with E-state index in [1.807, 2.05) is 24.3 Å². The van der Waals surface area contributed by atoms with Crippen molar-refractivity contribution in [3.05, 3.63) is 59.7 Å². The molecule has 0 N–H and O–H groups in total. The lowest BCUT2D eigenvalue weighted by Gasteiger charge is -2.13. The van der Waals surface area contributed by atoms with E-state index in [9.17, 15) is 0 Å². The third kappa shape index (κ3) is 3.50. The Balaban J connectivity index is 2.04. The minimum absolute atomic E-state index is 0.485. The molecule has 0 aliphatic rings. The number of ether oxygens (including phenoxy) is 2. The van der Waals surface area contributed by atoms with E-state index in [1.165, 1.54) is 11.1 Å². The van der Waals surface area contributed by atoms with E-state index in [1.54, 1.807) is 14.2 Å². The van der Waals surface area contributed by atoms with Gasteiger partial charge in [-0.2, -0.15) is 0 Å². The monoisotopic (exact) mass is 256 g/mol. The highest BCUT2D eigenvalue weighted by molar-refractivity contribution is 5.32. The summed E-state index contributed by atoms with van der Waals surface area (Å²) in [7, 11) is 3.38. The molecule has 1 unspecified atom stereocenters. The normalized spacial score (nSPS) is 11.9. The molecular weight excluding hydrogens is 236 g/mol. The van der Waals surface area contributed by atoms with Gasteiger partial charge in [-0.15, -0.1) is 0 Å². The largest absolute Gasteiger partial charge is 0.497 e. The zero-order valence-corrected chi connectivity index (χ0v) is 11.7. The maximum atomic E-state index is 5.18. The van der Waals surface area contributed by atoms with Gasteiger partial charge >= 0.3 is 0 Å². The fraction of sp³-hybridized carbons (Fsp3) is 0.294. The van der Waals surface area contributed by atoms with E-state index in [4.69, 9.17) is 9.47 Å². The summed E-state index contributed by atoms with van der Waals surface area (Å²) in [6.07, 6.45) is 1.02. The quantitative estimate of drug-likeness (QED) is 0.803. The Labute approximate surface area is 115 Å². The summed E-state index contributed by atoms with van der Waals surface area (Å²) >= 11 is 0. The zero-order valence-electron chi connectivity index (χ0n) is 11.7. The molecule has 1 atom stereocenters. The predicted molar refractivity (Wildman–Crippen MR) is 78.1 cm³/mol. The minimum atomic E-state index is 0.485. The summed E-state index contributed by atoms with van der Waals surface area (Å²) in [6, 6.07) is 16.6. The number of hydrogen-bond donors (Lipinski definition) is 0.